The molecule has 0 saturated heterocycles. The molecule has 0 aliphatic carbocycles. The van der Waals surface area contributed by atoms with Gasteiger partial charge in [-0.15, -0.1) is 0 Å². The van der Waals surface area contributed by atoms with E-state index in [-0.39, 0.29) is 6.17 Å². The Bertz CT molecular complexity index is 862. The van der Waals surface area contributed by atoms with Gasteiger partial charge in [-0.3, -0.25) is 0 Å². The molecule has 0 bridgehead atoms. The quantitative estimate of drug-likeness (QED) is 0.223. The molecule has 156 valence electrons. The standard InChI is InChI=1S/C28H30N2Si/c31-23-13-22-28(29(24-14-5-1-6-15-24)25-16-7-2-8-17-25)30(26-18-9-3-10-19-26)27-20-11-4-12-21-27/h1-12,14-21,28H,13,22-23H2,31H3. The van der Waals surface area contributed by atoms with Gasteiger partial charge in [-0.05, 0) is 55.0 Å². The van der Waals surface area contributed by atoms with E-state index in [9.17, 15) is 0 Å². The van der Waals surface area contributed by atoms with Gasteiger partial charge in [0.1, 0.15) is 6.17 Å². The fraction of sp³-hybridized carbons (Fsp3) is 0.143. The normalized spacial score (nSPS) is 10.9. The van der Waals surface area contributed by atoms with Crippen molar-refractivity contribution in [3.63, 3.8) is 0 Å². The van der Waals surface area contributed by atoms with Crippen LogP contribution in [0, 0.1) is 0 Å². The van der Waals surface area contributed by atoms with Crippen LogP contribution >= 0.6 is 0 Å². The number of hydrogen-bond acceptors (Lipinski definition) is 2. The van der Waals surface area contributed by atoms with Gasteiger partial charge in [0.15, 0.2) is 0 Å². The van der Waals surface area contributed by atoms with Crippen LogP contribution in [0.4, 0.5) is 22.7 Å². The monoisotopic (exact) mass is 422 g/mol. The molecule has 0 fully saturated rings. The van der Waals surface area contributed by atoms with Gasteiger partial charge in [-0.2, -0.15) is 0 Å². The molecule has 0 atom stereocenters. The van der Waals surface area contributed by atoms with E-state index in [2.05, 4.69) is 131 Å². The van der Waals surface area contributed by atoms with Gasteiger partial charge >= 0.3 is 0 Å². The molecule has 31 heavy (non-hydrogen) atoms. The van der Waals surface area contributed by atoms with Crippen molar-refractivity contribution < 1.29 is 0 Å². The zero-order valence-electron chi connectivity index (χ0n) is 18.1. The van der Waals surface area contributed by atoms with Gasteiger partial charge in [0.05, 0.1) is 0 Å². The van der Waals surface area contributed by atoms with E-state index in [0.717, 1.165) is 6.42 Å². The van der Waals surface area contributed by atoms with Crippen LogP contribution in [0.15, 0.2) is 121 Å². The van der Waals surface area contributed by atoms with E-state index in [0.29, 0.717) is 0 Å². The minimum atomic E-state index is 0.156. The first-order chi connectivity index (χ1) is 15.4. The maximum absolute atomic E-state index is 2.50. The fourth-order valence-corrected chi connectivity index (χ4v) is 4.51. The van der Waals surface area contributed by atoms with Crippen molar-refractivity contribution in [2.24, 2.45) is 0 Å². The summed E-state index contributed by atoms with van der Waals surface area (Å²) in [6.07, 6.45) is 2.45. The molecule has 0 unspecified atom stereocenters. The Balaban J connectivity index is 1.89. The van der Waals surface area contributed by atoms with Crippen molar-refractivity contribution in [2.45, 2.75) is 25.1 Å². The highest BCUT2D eigenvalue weighted by Crippen LogP contribution is 2.37. The lowest BCUT2D eigenvalue weighted by molar-refractivity contribution is 0.595. The summed E-state index contributed by atoms with van der Waals surface area (Å²) in [6.45, 7) is 0. The topological polar surface area (TPSA) is 6.48 Å². The van der Waals surface area contributed by atoms with Crippen molar-refractivity contribution in [3.8, 4) is 0 Å². The van der Waals surface area contributed by atoms with Crippen molar-refractivity contribution in [3.05, 3.63) is 121 Å². The first kappa shape index (κ1) is 20.9. The second kappa shape index (κ2) is 10.6. The summed E-state index contributed by atoms with van der Waals surface area (Å²) in [5.41, 5.74) is 4.85. The molecule has 4 rings (SSSR count). The molecule has 3 heteroatoms. The summed E-state index contributed by atoms with van der Waals surface area (Å²) in [5, 5.41) is 0. The molecule has 0 heterocycles. The van der Waals surface area contributed by atoms with Crippen LogP contribution in [-0.4, -0.2) is 16.4 Å². The molecule has 4 aromatic carbocycles. The Morgan fingerprint density at radius 3 is 1.03 bits per heavy atom. The highest BCUT2D eigenvalue weighted by Gasteiger charge is 2.28. The summed E-state index contributed by atoms with van der Waals surface area (Å²) in [6, 6.07) is 44.4. The Kier molecular flexibility index (Phi) is 7.19. The van der Waals surface area contributed by atoms with Crippen LogP contribution in [0.25, 0.3) is 0 Å². The molecular formula is C28H30N2Si. The predicted molar refractivity (Wildman–Crippen MR) is 138 cm³/mol. The number of rotatable bonds is 9. The molecule has 0 amide bonds. The van der Waals surface area contributed by atoms with E-state index >= 15 is 0 Å². The van der Waals surface area contributed by atoms with E-state index in [4.69, 9.17) is 0 Å². The first-order valence-electron chi connectivity index (χ1n) is 11.2. The fourth-order valence-electron chi connectivity index (χ4n) is 4.10. The molecule has 0 radical (unpaired) electrons. The Morgan fingerprint density at radius 1 is 0.484 bits per heavy atom. The van der Waals surface area contributed by atoms with Crippen LogP contribution in [-0.2, 0) is 0 Å². The lowest BCUT2D eigenvalue weighted by atomic mass is 10.1. The molecular weight excluding hydrogens is 392 g/mol. The third kappa shape index (κ3) is 5.07. The van der Waals surface area contributed by atoms with Gasteiger partial charge in [0.2, 0.25) is 0 Å². The summed E-state index contributed by atoms with van der Waals surface area (Å²) < 4.78 is 0. The van der Waals surface area contributed by atoms with Crippen LogP contribution in [0.1, 0.15) is 12.8 Å². The van der Waals surface area contributed by atoms with Crippen LogP contribution in [0.2, 0.25) is 6.04 Å². The van der Waals surface area contributed by atoms with Crippen LogP contribution in [0.3, 0.4) is 0 Å². The number of nitrogens with zero attached hydrogens (tertiary/aromatic N) is 2. The minimum Gasteiger partial charge on any atom is -0.320 e. The smallest absolute Gasteiger partial charge is 0.111 e. The third-order valence-electron chi connectivity index (χ3n) is 5.55. The van der Waals surface area contributed by atoms with Crippen LogP contribution in [0.5, 0.6) is 0 Å². The molecule has 0 N–H and O–H groups in total. The molecule has 2 nitrogen and oxygen atoms in total. The zero-order chi connectivity index (χ0) is 21.3. The van der Waals surface area contributed by atoms with Crippen molar-refractivity contribution in [1.29, 1.82) is 0 Å². The lowest BCUT2D eigenvalue weighted by Gasteiger charge is -2.42. The van der Waals surface area contributed by atoms with E-state index in [1.54, 1.807) is 0 Å². The molecule has 0 spiro atoms. The summed E-state index contributed by atoms with van der Waals surface area (Å²) >= 11 is 0. The summed E-state index contributed by atoms with van der Waals surface area (Å²) in [7, 11) is 1.23. The van der Waals surface area contributed by atoms with Gasteiger partial charge in [-0.1, -0.05) is 85.3 Å². The highest BCUT2D eigenvalue weighted by molar-refractivity contribution is 6.08. The van der Waals surface area contributed by atoms with Gasteiger partial charge in [0.25, 0.3) is 0 Å². The summed E-state index contributed by atoms with van der Waals surface area (Å²) in [4.78, 5) is 4.99. The average molecular weight is 423 g/mol. The molecule has 0 saturated carbocycles. The number of anilines is 4. The maximum atomic E-state index is 2.50. The van der Waals surface area contributed by atoms with E-state index in [1.807, 2.05) is 0 Å². The minimum absolute atomic E-state index is 0.156. The van der Waals surface area contributed by atoms with Gasteiger partial charge < -0.3 is 9.80 Å². The molecule has 0 aliphatic rings. The highest BCUT2D eigenvalue weighted by atomic mass is 28.1. The van der Waals surface area contributed by atoms with Crippen molar-refractivity contribution >= 4 is 33.0 Å². The largest absolute Gasteiger partial charge is 0.320 e. The van der Waals surface area contributed by atoms with E-state index in [1.165, 1.54) is 45.5 Å². The second-order valence-electron chi connectivity index (χ2n) is 7.71. The Labute approximate surface area is 189 Å². The van der Waals surface area contributed by atoms with Crippen molar-refractivity contribution in [1.82, 2.24) is 0 Å². The van der Waals surface area contributed by atoms with Gasteiger partial charge in [0, 0.05) is 33.0 Å². The SMILES string of the molecule is [SiH3]CCCC(N(c1ccccc1)c1ccccc1)N(c1ccccc1)c1ccccc1. The van der Waals surface area contributed by atoms with E-state index < -0.39 is 0 Å². The first-order valence-corrected chi connectivity index (χ1v) is 12.6. The predicted octanol–water partition coefficient (Wildman–Crippen LogP) is 6.55. The number of hydrogen-bond donors (Lipinski definition) is 0. The third-order valence-corrected chi connectivity index (χ3v) is 6.26. The zero-order valence-corrected chi connectivity index (χ0v) is 20.1. The van der Waals surface area contributed by atoms with Crippen LogP contribution < -0.4 is 9.80 Å². The summed E-state index contributed by atoms with van der Waals surface area (Å²) in [5.74, 6) is 0. The van der Waals surface area contributed by atoms with Gasteiger partial charge in [-0.25, -0.2) is 0 Å². The number of benzene rings is 4. The van der Waals surface area contributed by atoms with Crippen molar-refractivity contribution in [2.75, 3.05) is 9.80 Å². The average Bonchev–Trinajstić information content (AvgIpc) is 2.85. The number of para-hydroxylation sites is 4. The second-order valence-corrected chi connectivity index (χ2v) is 8.71. The Morgan fingerprint density at radius 2 is 0.774 bits per heavy atom. The molecule has 0 aliphatic heterocycles. The lowest BCUT2D eigenvalue weighted by Crippen LogP contribution is -2.44. The molecule has 0 aromatic heterocycles. The molecule has 4 aromatic rings. The Hall–Kier alpha value is -3.30. The maximum Gasteiger partial charge on any atom is 0.111 e.